The fourth-order valence-electron chi connectivity index (χ4n) is 5.20. The Labute approximate surface area is 122 Å². The molecule has 0 saturated heterocycles. The number of hydrogen-bond acceptors (Lipinski definition) is 5. The van der Waals surface area contributed by atoms with Crippen molar-refractivity contribution in [2.24, 2.45) is 28.9 Å². The van der Waals surface area contributed by atoms with Gasteiger partial charge in [-0.15, -0.1) is 0 Å². The summed E-state index contributed by atoms with van der Waals surface area (Å²) >= 11 is 3.29. The number of rotatable bonds is 4. The van der Waals surface area contributed by atoms with E-state index in [0.29, 0.717) is 11.5 Å². The molecule has 2 N–H and O–H groups in total. The van der Waals surface area contributed by atoms with Crippen molar-refractivity contribution in [1.82, 2.24) is 9.36 Å². The zero-order valence-electron chi connectivity index (χ0n) is 11.1. The Bertz CT molecular complexity index is 410. The Hall–Kier alpha value is -0.130. The van der Waals surface area contributed by atoms with Gasteiger partial charge in [-0.1, -0.05) is 11.8 Å². The maximum absolute atomic E-state index is 6.63. The summed E-state index contributed by atoms with van der Waals surface area (Å²) in [6, 6.07) is 0.342. The Morgan fingerprint density at radius 3 is 2.42 bits per heavy atom. The molecule has 5 rings (SSSR count). The maximum Gasteiger partial charge on any atom is 0.169 e. The molecule has 1 aromatic heterocycles. The summed E-state index contributed by atoms with van der Waals surface area (Å²) in [6.45, 7) is 0. The van der Waals surface area contributed by atoms with Gasteiger partial charge in [-0.25, -0.2) is 4.98 Å². The minimum absolute atomic E-state index is 0.342. The highest BCUT2D eigenvalue weighted by Crippen LogP contribution is 2.61. The summed E-state index contributed by atoms with van der Waals surface area (Å²) < 4.78 is 5.13. The van der Waals surface area contributed by atoms with Crippen LogP contribution in [0.5, 0.6) is 0 Å². The molecule has 1 unspecified atom stereocenters. The molecule has 1 aromatic rings. The van der Waals surface area contributed by atoms with Gasteiger partial charge in [0, 0.05) is 11.8 Å². The second-order valence-corrected chi connectivity index (χ2v) is 8.95. The third-order valence-corrected chi connectivity index (χ3v) is 7.52. The van der Waals surface area contributed by atoms with Gasteiger partial charge >= 0.3 is 0 Å². The predicted octanol–water partition coefficient (Wildman–Crippen LogP) is 3.17. The number of nitrogens with two attached hydrogens (primary N) is 1. The van der Waals surface area contributed by atoms with Gasteiger partial charge in [-0.05, 0) is 73.2 Å². The summed E-state index contributed by atoms with van der Waals surface area (Å²) in [7, 11) is 0. The quantitative estimate of drug-likeness (QED) is 0.867. The highest BCUT2D eigenvalue weighted by Gasteiger charge is 2.53. The van der Waals surface area contributed by atoms with Crippen LogP contribution in [0.25, 0.3) is 0 Å². The number of aromatic nitrogens is 2. The molecule has 4 fully saturated rings. The lowest BCUT2D eigenvalue weighted by Crippen LogP contribution is -2.55. The van der Waals surface area contributed by atoms with Crippen LogP contribution in [0.3, 0.4) is 0 Å². The number of nitrogens with zero attached hydrogens (tertiary/aromatic N) is 2. The lowest BCUT2D eigenvalue weighted by molar-refractivity contribution is -0.0629. The molecule has 104 valence electrons. The highest BCUT2D eigenvalue weighted by molar-refractivity contribution is 8.00. The fourth-order valence-corrected chi connectivity index (χ4v) is 6.82. The second kappa shape index (κ2) is 4.71. The molecular weight excluding hydrogens is 274 g/mol. The molecule has 1 atom stereocenters. The van der Waals surface area contributed by atoms with E-state index >= 15 is 0 Å². The predicted molar refractivity (Wildman–Crippen MR) is 79.2 cm³/mol. The second-order valence-electron chi connectivity index (χ2n) is 6.90. The molecule has 0 spiro atoms. The summed E-state index contributed by atoms with van der Waals surface area (Å²) in [6.07, 6.45) is 10.3. The summed E-state index contributed by atoms with van der Waals surface area (Å²) in [5.41, 5.74) is 7.09. The van der Waals surface area contributed by atoms with E-state index in [1.54, 1.807) is 18.1 Å². The summed E-state index contributed by atoms with van der Waals surface area (Å²) in [4.78, 5) is 4.25. The molecule has 0 aliphatic heterocycles. The van der Waals surface area contributed by atoms with E-state index in [1.165, 1.54) is 50.1 Å². The first-order valence-electron chi connectivity index (χ1n) is 7.38. The normalized spacial score (nSPS) is 41.6. The molecule has 3 nitrogen and oxygen atoms in total. The SMILES string of the molecule is NC(CSc1ncns1)C12CC3CC(CC(C3)C1)C2. The lowest BCUT2D eigenvalue weighted by atomic mass is 9.48. The largest absolute Gasteiger partial charge is 0.326 e. The van der Waals surface area contributed by atoms with Crippen LogP contribution in [0, 0.1) is 23.2 Å². The van der Waals surface area contributed by atoms with Crippen molar-refractivity contribution >= 4 is 23.3 Å². The van der Waals surface area contributed by atoms with Crippen molar-refractivity contribution in [3.8, 4) is 0 Å². The van der Waals surface area contributed by atoms with E-state index in [1.807, 2.05) is 0 Å². The first kappa shape index (κ1) is 12.6. The molecule has 0 radical (unpaired) electrons. The minimum atomic E-state index is 0.342. The van der Waals surface area contributed by atoms with Crippen LogP contribution in [0.2, 0.25) is 0 Å². The van der Waals surface area contributed by atoms with Crippen LogP contribution in [-0.2, 0) is 0 Å². The van der Waals surface area contributed by atoms with Crippen molar-refractivity contribution in [1.29, 1.82) is 0 Å². The smallest absolute Gasteiger partial charge is 0.169 e. The van der Waals surface area contributed by atoms with Crippen LogP contribution in [-0.4, -0.2) is 21.2 Å². The molecule has 5 heteroatoms. The van der Waals surface area contributed by atoms with E-state index in [0.717, 1.165) is 27.8 Å². The van der Waals surface area contributed by atoms with Crippen LogP contribution in [0.4, 0.5) is 0 Å². The lowest BCUT2D eigenvalue weighted by Gasteiger charge is -2.59. The molecule has 0 aromatic carbocycles. The number of hydrogen-bond donors (Lipinski definition) is 1. The zero-order valence-corrected chi connectivity index (χ0v) is 12.8. The van der Waals surface area contributed by atoms with Crippen molar-refractivity contribution < 1.29 is 0 Å². The average Bonchev–Trinajstić information content (AvgIpc) is 2.87. The molecule has 0 amide bonds. The first-order valence-corrected chi connectivity index (χ1v) is 9.14. The summed E-state index contributed by atoms with van der Waals surface area (Å²) in [5, 5.41) is 0. The van der Waals surface area contributed by atoms with Gasteiger partial charge in [0.1, 0.15) is 6.33 Å². The minimum Gasteiger partial charge on any atom is -0.326 e. The van der Waals surface area contributed by atoms with Gasteiger partial charge in [0.15, 0.2) is 4.34 Å². The zero-order chi connectivity index (χ0) is 12.9. The molecular formula is C14H21N3S2. The van der Waals surface area contributed by atoms with Crippen molar-refractivity contribution in [2.75, 3.05) is 5.75 Å². The van der Waals surface area contributed by atoms with E-state index in [4.69, 9.17) is 5.73 Å². The Kier molecular flexibility index (Phi) is 3.12. The summed E-state index contributed by atoms with van der Waals surface area (Å²) in [5.74, 6) is 3.98. The molecule has 19 heavy (non-hydrogen) atoms. The standard InChI is InChI=1S/C14H21N3S2/c15-12(7-18-13-16-8-17-19-13)14-4-9-1-10(5-14)3-11(2-9)6-14/h8-12H,1-7,15H2. The fraction of sp³-hybridized carbons (Fsp3) is 0.857. The van der Waals surface area contributed by atoms with E-state index in [2.05, 4.69) is 9.36 Å². The van der Waals surface area contributed by atoms with Crippen LogP contribution < -0.4 is 5.73 Å². The van der Waals surface area contributed by atoms with Crippen molar-refractivity contribution in [2.45, 2.75) is 48.9 Å². The highest BCUT2D eigenvalue weighted by atomic mass is 32.2. The first-order chi connectivity index (χ1) is 9.23. The third kappa shape index (κ3) is 2.24. The molecule has 4 aliphatic rings. The maximum atomic E-state index is 6.63. The van der Waals surface area contributed by atoms with Crippen LogP contribution in [0.1, 0.15) is 38.5 Å². The molecule has 4 bridgehead atoms. The monoisotopic (exact) mass is 295 g/mol. The Morgan fingerprint density at radius 2 is 1.89 bits per heavy atom. The van der Waals surface area contributed by atoms with Gasteiger partial charge in [-0.3, -0.25) is 0 Å². The molecule has 1 heterocycles. The van der Waals surface area contributed by atoms with Gasteiger partial charge in [-0.2, -0.15) is 4.37 Å². The van der Waals surface area contributed by atoms with Gasteiger partial charge in [0.25, 0.3) is 0 Å². The Morgan fingerprint density at radius 1 is 1.26 bits per heavy atom. The van der Waals surface area contributed by atoms with Crippen molar-refractivity contribution in [3.05, 3.63) is 6.33 Å². The van der Waals surface area contributed by atoms with E-state index in [-0.39, 0.29) is 0 Å². The average molecular weight is 295 g/mol. The third-order valence-electron chi connectivity index (χ3n) is 5.60. The van der Waals surface area contributed by atoms with Gasteiger partial charge in [0.2, 0.25) is 0 Å². The van der Waals surface area contributed by atoms with Crippen molar-refractivity contribution in [3.63, 3.8) is 0 Å². The van der Waals surface area contributed by atoms with Crippen LogP contribution in [0.15, 0.2) is 10.7 Å². The molecule has 4 aliphatic carbocycles. The van der Waals surface area contributed by atoms with Crippen LogP contribution >= 0.6 is 23.3 Å². The van der Waals surface area contributed by atoms with Gasteiger partial charge < -0.3 is 5.73 Å². The number of thioether (sulfide) groups is 1. The van der Waals surface area contributed by atoms with E-state index < -0.39 is 0 Å². The topological polar surface area (TPSA) is 51.8 Å². The Balaban J connectivity index is 1.45. The van der Waals surface area contributed by atoms with E-state index in [9.17, 15) is 0 Å². The van der Waals surface area contributed by atoms with Gasteiger partial charge in [0.05, 0.1) is 0 Å². The molecule has 4 saturated carbocycles.